The molecule has 1 saturated carbocycles. The summed E-state index contributed by atoms with van der Waals surface area (Å²) in [6.07, 6.45) is 4.00. The molecule has 0 radical (unpaired) electrons. The van der Waals surface area contributed by atoms with Crippen LogP contribution >= 0.6 is 0 Å². The minimum Gasteiger partial charge on any atom is -0.467 e. The van der Waals surface area contributed by atoms with Crippen LogP contribution in [0.15, 0.2) is 34.9 Å². The molecule has 96 valence electrons. The Labute approximate surface area is 110 Å². The minimum atomic E-state index is -0.406. The summed E-state index contributed by atoms with van der Waals surface area (Å²) in [5.74, 6) is 0.373. The Morgan fingerprint density at radius 3 is 2.95 bits per heavy atom. The highest BCUT2D eigenvalue weighted by atomic mass is 19.1. The molecule has 1 aromatic heterocycles. The summed E-state index contributed by atoms with van der Waals surface area (Å²) in [4.78, 5) is 0. The third kappa shape index (κ3) is 2.67. The second kappa shape index (κ2) is 4.87. The Balaban J connectivity index is 1.90. The van der Waals surface area contributed by atoms with Gasteiger partial charge in [-0.1, -0.05) is 0 Å². The lowest BCUT2D eigenvalue weighted by Crippen LogP contribution is -2.15. The van der Waals surface area contributed by atoms with E-state index in [2.05, 4.69) is 5.32 Å². The van der Waals surface area contributed by atoms with Crippen LogP contribution in [0, 0.1) is 17.1 Å². The highest BCUT2D eigenvalue weighted by Gasteiger charge is 2.21. The average molecular weight is 256 g/mol. The van der Waals surface area contributed by atoms with Gasteiger partial charge < -0.3 is 9.73 Å². The van der Waals surface area contributed by atoms with Crippen molar-refractivity contribution in [3.63, 3.8) is 0 Å². The topological polar surface area (TPSA) is 49.0 Å². The zero-order valence-corrected chi connectivity index (χ0v) is 10.3. The first-order valence-electron chi connectivity index (χ1n) is 6.27. The molecule has 4 heteroatoms. The summed E-state index contributed by atoms with van der Waals surface area (Å²) in [5.41, 5.74) is 1.83. The standard InChI is InChI=1S/C15H13FN2O/c16-12-6-10(8-17)5-11(7-12)14-3-4-19-15(14)9-18-13-1-2-13/h3-7,13,18H,1-2,9H2. The summed E-state index contributed by atoms with van der Waals surface area (Å²) in [6.45, 7) is 0.630. The predicted octanol–water partition coefficient (Wildman–Crippen LogP) is 3.21. The normalized spacial score (nSPS) is 14.3. The van der Waals surface area contributed by atoms with Crippen LogP contribution in [0.1, 0.15) is 24.2 Å². The van der Waals surface area contributed by atoms with Gasteiger partial charge in [-0.15, -0.1) is 0 Å². The summed E-state index contributed by atoms with van der Waals surface area (Å²) in [6, 6.07) is 8.68. The van der Waals surface area contributed by atoms with Gasteiger partial charge in [-0.05, 0) is 42.7 Å². The van der Waals surface area contributed by atoms with Gasteiger partial charge >= 0.3 is 0 Å². The van der Waals surface area contributed by atoms with Gasteiger partial charge in [-0.25, -0.2) is 4.39 Å². The van der Waals surface area contributed by atoms with Crippen molar-refractivity contribution in [3.05, 3.63) is 47.7 Å². The first-order chi connectivity index (χ1) is 9.26. The second-order valence-electron chi connectivity index (χ2n) is 4.75. The summed E-state index contributed by atoms with van der Waals surface area (Å²) in [5, 5.41) is 12.2. The van der Waals surface area contributed by atoms with Gasteiger partial charge in [0.25, 0.3) is 0 Å². The lowest BCUT2D eigenvalue weighted by atomic mass is 10.0. The average Bonchev–Trinajstić information content (AvgIpc) is 3.12. The van der Waals surface area contributed by atoms with E-state index >= 15 is 0 Å². The van der Waals surface area contributed by atoms with Crippen molar-refractivity contribution in [2.45, 2.75) is 25.4 Å². The molecule has 3 nitrogen and oxygen atoms in total. The molecular weight excluding hydrogens is 243 g/mol. The molecule has 19 heavy (non-hydrogen) atoms. The fourth-order valence-corrected chi connectivity index (χ4v) is 2.07. The molecule has 1 N–H and O–H groups in total. The van der Waals surface area contributed by atoms with Crippen LogP contribution in [0.3, 0.4) is 0 Å². The quantitative estimate of drug-likeness (QED) is 0.913. The van der Waals surface area contributed by atoms with Crippen LogP contribution in [0.2, 0.25) is 0 Å². The number of nitriles is 1. The molecule has 1 heterocycles. The highest BCUT2D eigenvalue weighted by Crippen LogP contribution is 2.28. The van der Waals surface area contributed by atoms with E-state index in [4.69, 9.17) is 9.68 Å². The molecule has 0 spiro atoms. The van der Waals surface area contributed by atoms with E-state index < -0.39 is 5.82 Å². The molecule has 1 fully saturated rings. The molecular formula is C15H13FN2O. The van der Waals surface area contributed by atoms with Crippen molar-refractivity contribution in [2.75, 3.05) is 0 Å². The largest absolute Gasteiger partial charge is 0.467 e. The molecule has 1 aliphatic rings. The van der Waals surface area contributed by atoms with E-state index in [1.807, 2.05) is 6.07 Å². The number of halogens is 1. The number of benzene rings is 1. The Morgan fingerprint density at radius 1 is 1.37 bits per heavy atom. The maximum Gasteiger partial charge on any atom is 0.125 e. The summed E-state index contributed by atoms with van der Waals surface area (Å²) in [7, 11) is 0. The predicted molar refractivity (Wildman–Crippen MR) is 68.7 cm³/mol. The zero-order valence-electron chi connectivity index (χ0n) is 10.3. The molecule has 0 atom stereocenters. The Morgan fingerprint density at radius 2 is 2.21 bits per heavy atom. The minimum absolute atomic E-state index is 0.317. The van der Waals surface area contributed by atoms with Gasteiger partial charge in [0.2, 0.25) is 0 Å². The van der Waals surface area contributed by atoms with Crippen LogP contribution in [0.25, 0.3) is 11.1 Å². The third-order valence-corrected chi connectivity index (χ3v) is 3.21. The number of nitrogens with zero attached hydrogens (tertiary/aromatic N) is 1. The maximum absolute atomic E-state index is 13.5. The fourth-order valence-electron chi connectivity index (χ4n) is 2.07. The smallest absolute Gasteiger partial charge is 0.125 e. The molecule has 2 aromatic rings. The van der Waals surface area contributed by atoms with Crippen molar-refractivity contribution in [2.24, 2.45) is 0 Å². The van der Waals surface area contributed by atoms with Crippen LogP contribution in [-0.4, -0.2) is 6.04 Å². The number of hydrogen-bond acceptors (Lipinski definition) is 3. The fraction of sp³-hybridized carbons (Fsp3) is 0.267. The van der Waals surface area contributed by atoms with Crippen LogP contribution in [-0.2, 0) is 6.54 Å². The molecule has 0 aliphatic heterocycles. The molecule has 0 unspecified atom stereocenters. The number of nitrogens with one attached hydrogen (secondary N) is 1. The first kappa shape index (κ1) is 11.9. The van der Waals surface area contributed by atoms with Crippen molar-refractivity contribution < 1.29 is 8.81 Å². The monoisotopic (exact) mass is 256 g/mol. The van der Waals surface area contributed by atoms with E-state index in [0.29, 0.717) is 23.7 Å². The van der Waals surface area contributed by atoms with Crippen LogP contribution in [0.4, 0.5) is 4.39 Å². The van der Waals surface area contributed by atoms with Crippen molar-refractivity contribution in [1.29, 1.82) is 5.26 Å². The molecule has 0 bridgehead atoms. The first-order valence-corrected chi connectivity index (χ1v) is 6.27. The third-order valence-electron chi connectivity index (χ3n) is 3.21. The van der Waals surface area contributed by atoms with Gasteiger partial charge in [0.15, 0.2) is 0 Å². The molecule has 1 aromatic carbocycles. The SMILES string of the molecule is N#Cc1cc(F)cc(-c2ccoc2CNC2CC2)c1. The van der Waals surface area contributed by atoms with Gasteiger partial charge in [-0.3, -0.25) is 0 Å². The summed E-state index contributed by atoms with van der Waals surface area (Å²) < 4.78 is 18.9. The zero-order chi connectivity index (χ0) is 13.2. The number of hydrogen-bond donors (Lipinski definition) is 1. The van der Waals surface area contributed by atoms with Crippen molar-refractivity contribution >= 4 is 0 Å². The lowest BCUT2D eigenvalue weighted by Gasteiger charge is -2.05. The number of furan rings is 1. The van der Waals surface area contributed by atoms with Gasteiger partial charge in [0, 0.05) is 11.6 Å². The van der Waals surface area contributed by atoms with E-state index in [0.717, 1.165) is 11.3 Å². The Kier molecular flexibility index (Phi) is 3.06. The van der Waals surface area contributed by atoms with E-state index in [1.54, 1.807) is 18.4 Å². The highest BCUT2D eigenvalue weighted by molar-refractivity contribution is 5.67. The molecule has 3 rings (SSSR count). The van der Waals surface area contributed by atoms with Gasteiger partial charge in [0.1, 0.15) is 11.6 Å². The van der Waals surface area contributed by atoms with Crippen LogP contribution < -0.4 is 5.32 Å². The Hall–Kier alpha value is -2.12. The van der Waals surface area contributed by atoms with Crippen LogP contribution in [0.5, 0.6) is 0 Å². The van der Waals surface area contributed by atoms with Gasteiger partial charge in [0.05, 0.1) is 24.4 Å². The van der Waals surface area contributed by atoms with E-state index in [1.165, 1.54) is 25.0 Å². The Bertz CT molecular complexity index is 638. The van der Waals surface area contributed by atoms with Gasteiger partial charge in [-0.2, -0.15) is 5.26 Å². The molecule has 0 saturated heterocycles. The number of rotatable bonds is 4. The van der Waals surface area contributed by atoms with Crippen molar-refractivity contribution in [3.8, 4) is 17.2 Å². The molecule has 0 amide bonds. The summed E-state index contributed by atoms with van der Waals surface area (Å²) >= 11 is 0. The maximum atomic E-state index is 13.5. The van der Waals surface area contributed by atoms with Crippen molar-refractivity contribution in [1.82, 2.24) is 5.32 Å². The van der Waals surface area contributed by atoms with E-state index in [-0.39, 0.29) is 0 Å². The second-order valence-corrected chi connectivity index (χ2v) is 4.75. The van der Waals surface area contributed by atoms with E-state index in [9.17, 15) is 4.39 Å². The molecule has 1 aliphatic carbocycles. The lowest BCUT2D eigenvalue weighted by molar-refractivity contribution is 0.483.